The van der Waals surface area contributed by atoms with E-state index >= 15 is 0 Å². The molecule has 5 rings (SSSR count). The highest BCUT2D eigenvalue weighted by atomic mass is 35.5. The Morgan fingerprint density at radius 1 is 1.06 bits per heavy atom. The number of piperazine rings is 1. The van der Waals surface area contributed by atoms with Crippen LogP contribution in [-0.2, 0) is 10.0 Å². The molecule has 1 aromatic carbocycles. The highest BCUT2D eigenvalue weighted by Crippen LogP contribution is 2.31. The number of nitrogens with zero attached hydrogens (tertiary/aromatic N) is 5. The third-order valence-electron chi connectivity index (χ3n) is 6.63. The maximum Gasteiger partial charge on any atom is 0.316 e. The van der Waals surface area contributed by atoms with E-state index in [1.807, 2.05) is 11.8 Å². The van der Waals surface area contributed by atoms with Gasteiger partial charge < -0.3 is 9.64 Å². The first-order valence-corrected chi connectivity index (χ1v) is 13.9. The van der Waals surface area contributed by atoms with Crippen molar-refractivity contribution in [2.45, 2.75) is 43.7 Å². The zero-order valence-corrected chi connectivity index (χ0v) is 21.6. The van der Waals surface area contributed by atoms with Crippen molar-refractivity contribution in [3.63, 3.8) is 0 Å². The van der Waals surface area contributed by atoms with Gasteiger partial charge in [-0.2, -0.15) is 14.1 Å². The number of hydrogen-bond acceptors (Lipinski definition) is 7. The summed E-state index contributed by atoms with van der Waals surface area (Å²) >= 11 is 6.14. The van der Waals surface area contributed by atoms with Gasteiger partial charge in [0.1, 0.15) is 5.69 Å². The summed E-state index contributed by atoms with van der Waals surface area (Å²) in [6.45, 7) is 3.15. The van der Waals surface area contributed by atoms with Crippen molar-refractivity contribution in [2.75, 3.05) is 31.1 Å². The van der Waals surface area contributed by atoms with E-state index in [2.05, 4.69) is 10.1 Å². The van der Waals surface area contributed by atoms with Crippen LogP contribution in [0.5, 0.6) is 5.75 Å². The minimum absolute atomic E-state index is 0.0271. The van der Waals surface area contributed by atoms with Crippen LogP contribution >= 0.6 is 11.6 Å². The zero-order chi connectivity index (χ0) is 25.3. The van der Waals surface area contributed by atoms with E-state index in [0.29, 0.717) is 29.5 Å². The predicted octanol–water partition coefficient (Wildman–Crippen LogP) is 3.42. The Morgan fingerprint density at radius 3 is 2.50 bits per heavy atom. The minimum Gasteiger partial charge on any atom is -0.483 e. The number of anilines is 1. The van der Waals surface area contributed by atoms with Crippen LogP contribution in [0.4, 0.5) is 5.69 Å². The molecule has 36 heavy (non-hydrogen) atoms. The van der Waals surface area contributed by atoms with Crippen LogP contribution in [-0.4, -0.2) is 59.8 Å². The van der Waals surface area contributed by atoms with E-state index in [0.717, 1.165) is 31.2 Å². The maximum atomic E-state index is 13.6. The van der Waals surface area contributed by atoms with Gasteiger partial charge in [-0.3, -0.25) is 4.79 Å². The largest absolute Gasteiger partial charge is 0.483 e. The summed E-state index contributed by atoms with van der Waals surface area (Å²) in [5.74, 6) is 0.244. The monoisotopic (exact) mass is 529 g/mol. The second kappa shape index (κ2) is 10.2. The fourth-order valence-electron chi connectivity index (χ4n) is 4.68. The molecule has 190 valence electrons. The highest BCUT2D eigenvalue weighted by Gasteiger charge is 2.32. The summed E-state index contributed by atoms with van der Waals surface area (Å²) in [5, 5.41) is 4.96. The molecule has 0 amide bonds. The van der Waals surface area contributed by atoms with Crippen molar-refractivity contribution in [1.29, 1.82) is 0 Å². The molecule has 11 heteroatoms. The number of ether oxygens (including phenoxy) is 1. The first-order valence-electron chi connectivity index (χ1n) is 12.1. The molecule has 2 aliphatic rings. The molecule has 0 unspecified atom stereocenters. The minimum atomic E-state index is -3.70. The van der Waals surface area contributed by atoms with Gasteiger partial charge in [0, 0.05) is 37.4 Å². The van der Waals surface area contributed by atoms with Crippen LogP contribution in [0.25, 0.3) is 5.69 Å². The van der Waals surface area contributed by atoms with Crippen LogP contribution in [0.2, 0.25) is 5.02 Å². The molecule has 1 saturated heterocycles. The number of aromatic nitrogens is 3. The van der Waals surface area contributed by atoms with Crippen molar-refractivity contribution in [3.05, 3.63) is 69.7 Å². The molecular weight excluding hydrogens is 502 g/mol. The van der Waals surface area contributed by atoms with E-state index in [-0.39, 0.29) is 35.5 Å². The van der Waals surface area contributed by atoms with Crippen LogP contribution in [0, 0.1) is 6.92 Å². The zero-order valence-electron chi connectivity index (χ0n) is 20.0. The Bertz CT molecular complexity index is 1410. The lowest BCUT2D eigenvalue weighted by Gasteiger charge is -2.35. The number of halogens is 1. The van der Waals surface area contributed by atoms with Crippen molar-refractivity contribution >= 4 is 27.3 Å². The molecule has 1 saturated carbocycles. The van der Waals surface area contributed by atoms with E-state index in [1.54, 1.807) is 42.6 Å². The third kappa shape index (κ3) is 4.98. The average Bonchev–Trinajstić information content (AvgIpc) is 3.39. The second-order valence-corrected chi connectivity index (χ2v) is 11.5. The van der Waals surface area contributed by atoms with E-state index in [9.17, 15) is 13.2 Å². The number of benzene rings is 1. The van der Waals surface area contributed by atoms with Gasteiger partial charge in [-0.05, 0) is 68.5 Å². The molecule has 2 fully saturated rings. The molecule has 0 bridgehead atoms. The Hall–Kier alpha value is -2.95. The molecule has 2 aromatic heterocycles. The van der Waals surface area contributed by atoms with Gasteiger partial charge in [-0.25, -0.2) is 13.4 Å². The smallest absolute Gasteiger partial charge is 0.316 e. The summed E-state index contributed by atoms with van der Waals surface area (Å²) < 4.78 is 35.2. The maximum absolute atomic E-state index is 13.6. The standard InChI is InChI=1S/C25H28ClN5O4S/c1-18-9-10-27-23(15-18)36(33,34)30-13-11-29(12-14-30)22-17-28-31(20-6-4-5-19(26)16-20)25(32)24(22)35-21-7-2-3-8-21/h4-6,9-10,15-17,21H,2-3,7-8,11-14H2,1H3. The molecule has 0 radical (unpaired) electrons. The fourth-order valence-corrected chi connectivity index (χ4v) is 6.30. The lowest BCUT2D eigenvalue weighted by Crippen LogP contribution is -2.49. The Morgan fingerprint density at radius 2 is 1.81 bits per heavy atom. The second-order valence-electron chi connectivity index (χ2n) is 9.14. The first kappa shape index (κ1) is 24.7. The van der Waals surface area contributed by atoms with Crippen LogP contribution in [0.3, 0.4) is 0 Å². The molecular formula is C25H28ClN5O4S. The van der Waals surface area contributed by atoms with Crippen molar-refractivity contribution in [2.24, 2.45) is 0 Å². The van der Waals surface area contributed by atoms with Crippen LogP contribution in [0.15, 0.2) is 58.6 Å². The summed E-state index contributed by atoms with van der Waals surface area (Å²) in [6, 6.07) is 10.3. The molecule has 1 aliphatic heterocycles. The number of pyridine rings is 1. The topological polar surface area (TPSA) is 97.6 Å². The van der Waals surface area contributed by atoms with E-state index in [4.69, 9.17) is 16.3 Å². The van der Waals surface area contributed by atoms with Crippen molar-refractivity contribution < 1.29 is 13.2 Å². The summed E-state index contributed by atoms with van der Waals surface area (Å²) in [4.78, 5) is 19.6. The summed E-state index contributed by atoms with van der Waals surface area (Å²) in [5.41, 5.74) is 1.61. The molecule has 0 atom stereocenters. The van der Waals surface area contributed by atoms with Gasteiger partial charge in [-0.1, -0.05) is 17.7 Å². The molecule has 0 N–H and O–H groups in total. The molecule has 9 nitrogen and oxygen atoms in total. The Kier molecular flexibility index (Phi) is 7.00. The SMILES string of the molecule is Cc1ccnc(S(=O)(=O)N2CCN(c3cnn(-c4cccc(Cl)c4)c(=O)c3OC3CCCC3)CC2)c1. The molecule has 1 aliphatic carbocycles. The average molecular weight is 530 g/mol. The lowest BCUT2D eigenvalue weighted by atomic mass is 10.2. The number of aryl methyl sites for hydroxylation is 1. The number of sulfonamides is 1. The molecule has 0 spiro atoms. The van der Waals surface area contributed by atoms with Crippen molar-refractivity contribution in [3.8, 4) is 11.4 Å². The van der Waals surface area contributed by atoms with Gasteiger partial charge in [0.05, 0.1) is 18.0 Å². The molecule has 3 heterocycles. The van der Waals surface area contributed by atoms with Gasteiger partial charge >= 0.3 is 5.56 Å². The summed E-state index contributed by atoms with van der Waals surface area (Å²) in [6.07, 6.45) is 7.03. The highest BCUT2D eigenvalue weighted by molar-refractivity contribution is 7.89. The molecule has 3 aromatic rings. The predicted molar refractivity (Wildman–Crippen MR) is 138 cm³/mol. The first-order chi connectivity index (χ1) is 17.3. The Balaban J connectivity index is 1.43. The van der Waals surface area contributed by atoms with Gasteiger partial charge in [0.15, 0.2) is 5.03 Å². The summed E-state index contributed by atoms with van der Waals surface area (Å²) in [7, 11) is -3.70. The van der Waals surface area contributed by atoms with Crippen molar-refractivity contribution in [1.82, 2.24) is 19.1 Å². The third-order valence-corrected chi connectivity index (χ3v) is 8.66. The van der Waals surface area contributed by atoms with Gasteiger partial charge in [-0.15, -0.1) is 0 Å². The Labute approximate surface area is 215 Å². The van der Waals surface area contributed by atoms with Crippen LogP contribution in [0.1, 0.15) is 31.2 Å². The fraction of sp³-hybridized carbons (Fsp3) is 0.400. The van der Waals surface area contributed by atoms with E-state index in [1.165, 1.54) is 15.2 Å². The number of hydrogen-bond donors (Lipinski definition) is 0. The number of rotatable bonds is 6. The van der Waals surface area contributed by atoms with Gasteiger partial charge in [0.2, 0.25) is 5.75 Å². The lowest BCUT2D eigenvalue weighted by molar-refractivity contribution is 0.205. The van der Waals surface area contributed by atoms with Crippen LogP contribution < -0.4 is 15.2 Å². The van der Waals surface area contributed by atoms with Gasteiger partial charge in [0.25, 0.3) is 10.0 Å². The quantitative estimate of drug-likeness (QED) is 0.482. The van der Waals surface area contributed by atoms with E-state index < -0.39 is 10.0 Å². The normalized spacial score (nSPS) is 17.4.